The van der Waals surface area contributed by atoms with Crippen molar-refractivity contribution in [2.45, 2.75) is 51.6 Å². The summed E-state index contributed by atoms with van der Waals surface area (Å²) in [6, 6.07) is 3.37. The number of esters is 3. The molecule has 13 nitrogen and oxygen atoms in total. The van der Waals surface area contributed by atoms with Gasteiger partial charge in [0.25, 0.3) is 5.91 Å². The molecule has 3 N–H and O–H groups in total. The molecule has 2 amide bonds. The van der Waals surface area contributed by atoms with Gasteiger partial charge in [-0.25, -0.2) is 4.79 Å². The summed E-state index contributed by atoms with van der Waals surface area (Å²) < 4.78 is 25.8. The standard InChI is InChI=1S/C26H31N3O10S.ClH/c1-13(30)35-9-15-10-40-23-19(22(32)29(23)20(15)24(33)38-12-39-25(34)26(2,3)4)28-21(31)16(27)7-14-5-6-17-18(8-14)37-11-36-17;/h5-6,8,16,19,23H,7,9-12,27H2,1-4H3,(H,28,31);1H/t16?,19-,23-;/m1./s1. The molecular formula is C26H32ClN3O10S. The van der Waals surface area contributed by atoms with Gasteiger partial charge in [0.05, 0.1) is 11.5 Å². The first-order valence-corrected chi connectivity index (χ1v) is 13.5. The fraction of sp³-hybridized carbons (Fsp3) is 0.500. The highest BCUT2D eigenvalue weighted by atomic mass is 35.5. The maximum atomic E-state index is 13.1. The molecule has 0 spiro atoms. The molecule has 0 bridgehead atoms. The highest BCUT2D eigenvalue weighted by Crippen LogP contribution is 2.41. The average molecular weight is 614 g/mol. The summed E-state index contributed by atoms with van der Waals surface area (Å²) in [4.78, 5) is 63.6. The summed E-state index contributed by atoms with van der Waals surface area (Å²) >= 11 is 1.29. The van der Waals surface area contributed by atoms with Gasteiger partial charge in [-0.15, -0.1) is 24.2 Å². The third kappa shape index (κ3) is 7.24. The van der Waals surface area contributed by atoms with Crippen molar-refractivity contribution in [1.82, 2.24) is 10.2 Å². The Hall–Kier alpha value is -3.49. The number of carbonyl (C=O) groups excluding carboxylic acids is 5. The molecule has 1 fully saturated rings. The summed E-state index contributed by atoms with van der Waals surface area (Å²) in [6.45, 7) is 5.39. The largest absolute Gasteiger partial charge is 0.461 e. The van der Waals surface area contributed by atoms with Crippen molar-refractivity contribution in [2.75, 3.05) is 25.9 Å². The maximum Gasteiger partial charge on any atom is 0.358 e. The second kappa shape index (κ2) is 13.0. The predicted octanol–water partition coefficient (Wildman–Crippen LogP) is 1.01. The van der Waals surface area contributed by atoms with Gasteiger partial charge in [-0.1, -0.05) is 6.07 Å². The Labute approximate surface area is 246 Å². The van der Waals surface area contributed by atoms with Gasteiger partial charge in [0.2, 0.25) is 19.5 Å². The summed E-state index contributed by atoms with van der Waals surface area (Å²) in [5, 5.41) is 2.06. The van der Waals surface area contributed by atoms with Crippen LogP contribution in [0.3, 0.4) is 0 Å². The Morgan fingerprint density at radius 3 is 2.54 bits per heavy atom. The Morgan fingerprint density at radius 2 is 1.85 bits per heavy atom. The van der Waals surface area contributed by atoms with Crippen LogP contribution in [0.2, 0.25) is 0 Å². The lowest BCUT2D eigenvalue weighted by Crippen LogP contribution is -2.71. The van der Waals surface area contributed by atoms with E-state index < -0.39 is 59.4 Å². The monoisotopic (exact) mass is 613 g/mol. The van der Waals surface area contributed by atoms with E-state index in [-0.39, 0.29) is 43.7 Å². The lowest BCUT2D eigenvalue weighted by atomic mass is 9.98. The molecule has 4 rings (SSSR count). The van der Waals surface area contributed by atoms with E-state index in [0.29, 0.717) is 17.1 Å². The Morgan fingerprint density at radius 1 is 1.15 bits per heavy atom. The van der Waals surface area contributed by atoms with Crippen molar-refractivity contribution < 1.29 is 47.7 Å². The molecule has 1 unspecified atom stereocenters. The fourth-order valence-electron chi connectivity index (χ4n) is 4.07. The third-order valence-electron chi connectivity index (χ3n) is 6.21. The van der Waals surface area contributed by atoms with Crippen molar-refractivity contribution in [2.24, 2.45) is 11.1 Å². The summed E-state index contributed by atoms with van der Waals surface area (Å²) in [5.41, 5.74) is 6.31. The third-order valence-corrected chi connectivity index (χ3v) is 7.55. The molecule has 3 aliphatic heterocycles. The summed E-state index contributed by atoms with van der Waals surface area (Å²) in [6.07, 6.45) is 0.197. The van der Waals surface area contributed by atoms with Crippen molar-refractivity contribution in [3.8, 4) is 11.5 Å². The normalized spacial score (nSPS) is 19.7. The van der Waals surface area contributed by atoms with Crippen molar-refractivity contribution in [1.29, 1.82) is 0 Å². The van der Waals surface area contributed by atoms with Gasteiger partial charge in [-0.05, 0) is 44.9 Å². The van der Waals surface area contributed by atoms with E-state index in [2.05, 4.69) is 5.32 Å². The van der Waals surface area contributed by atoms with E-state index in [0.717, 1.165) is 5.56 Å². The summed E-state index contributed by atoms with van der Waals surface area (Å²) in [5.74, 6) is -1.76. The number of carbonyl (C=O) groups is 5. The van der Waals surface area contributed by atoms with Gasteiger partial charge < -0.3 is 34.7 Å². The van der Waals surface area contributed by atoms with Crippen LogP contribution in [0.15, 0.2) is 29.5 Å². The van der Waals surface area contributed by atoms with Crippen LogP contribution in [0, 0.1) is 5.41 Å². The van der Waals surface area contributed by atoms with Crippen molar-refractivity contribution >= 4 is 53.9 Å². The van der Waals surface area contributed by atoms with Gasteiger partial charge >= 0.3 is 17.9 Å². The Kier molecular flexibility index (Phi) is 10.2. The minimum Gasteiger partial charge on any atom is -0.461 e. The first-order valence-electron chi connectivity index (χ1n) is 12.5. The van der Waals surface area contributed by atoms with Gasteiger partial charge in [0.1, 0.15) is 23.7 Å². The predicted molar refractivity (Wildman–Crippen MR) is 147 cm³/mol. The number of nitrogens with zero attached hydrogens (tertiary/aromatic N) is 1. The number of thioether (sulfide) groups is 1. The van der Waals surface area contributed by atoms with Crippen molar-refractivity contribution in [3.63, 3.8) is 0 Å². The van der Waals surface area contributed by atoms with E-state index in [1.807, 2.05) is 0 Å². The van der Waals surface area contributed by atoms with E-state index in [4.69, 9.17) is 29.4 Å². The number of benzene rings is 1. The zero-order valence-corrected chi connectivity index (χ0v) is 24.6. The first kappa shape index (κ1) is 32.0. The molecule has 0 aliphatic carbocycles. The summed E-state index contributed by atoms with van der Waals surface area (Å²) in [7, 11) is 0. The van der Waals surface area contributed by atoms with E-state index in [9.17, 15) is 24.0 Å². The zero-order chi connectivity index (χ0) is 29.2. The number of halogens is 1. The SMILES string of the molecule is CC(=O)OCC1=C(C(=O)OCOC(=O)C(C)(C)C)N2C(=O)[C@@H](NC(=O)C(N)Cc3ccc4c(c3)OCO4)[C@H]2SC1.Cl. The first-order chi connectivity index (χ1) is 18.9. The Bertz CT molecular complexity index is 1260. The second-order valence-electron chi connectivity index (χ2n) is 10.4. The minimum atomic E-state index is -0.951. The van der Waals surface area contributed by atoms with Crippen LogP contribution >= 0.6 is 24.2 Å². The average Bonchev–Trinajstić information content (AvgIpc) is 3.36. The molecule has 224 valence electrons. The lowest BCUT2D eigenvalue weighted by molar-refractivity contribution is -0.173. The molecule has 3 atom stereocenters. The van der Waals surface area contributed by atoms with Gasteiger partial charge in [0.15, 0.2) is 11.5 Å². The van der Waals surface area contributed by atoms with Crippen LogP contribution in [0.1, 0.15) is 33.3 Å². The second-order valence-corrected chi connectivity index (χ2v) is 11.5. The smallest absolute Gasteiger partial charge is 0.358 e. The molecule has 15 heteroatoms. The van der Waals surface area contributed by atoms with Crippen LogP contribution < -0.4 is 20.5 Å². The van der Waals surface area contributed by atoms with Crippen LogP contribution in [0.4, 0.5) is 0 Å². The van der Waals surface area contributed by atoms with Crippen LogP contribution in [0.25, 0.3) is 0 Å². The van der Waals surface area contributed by atoms with Gasteiger partial charge in [-0.3, -0.25) is 24.1 Å². The topological polar surface area (TPSA) is 173 Å². The van der Waals surface area contributed by atoms with Gasteiger partial charge in [0, 0.05) is 18.2 Å². The molecule has 1 aromatic rings. The molecule has 1 saturated heterocycles. The number of nitrogens with one attached hydrogen (secondary N) is 1. The molecule has 3 aliphatic rings. The van der Waals surface area contributed by atoms with Crippen LogP contribution in [-0.2, 0) is 44.6 Å². The minimum absolute atomic E-state index is 0. The zero-order valence-electron chi connectivity index (χ0n) is 22.9. The lowest BCUT2D eigenvalue weighted by Gasteiger charge is -2.49. The molecular weight excluding hydrogens is 582 g/mol. The molecule has 3 heterocycles. The van der Waals surface area contributed by atoms with Crippen molar-refractivity contribution in [3.05, 3.63) is 35.0 Å². The number of amides is 2. The highest BCUT2D eigenvalue weighted by molar-refractivity contribution is 8.00. The fourth-order valence-corrected chi connectivity index (χ4v) is 5.40. The number of β-lactam (4-membered cyclic amide) rings is 1. The highest BCUT2D eigenvalue weighted by Gasteiger charge is 2.54. The Balaban J connectivity index is 0.00000462. The number of ether oxygens (including phenoxy) is 5. The van der Waals surface area contributed by atoms with Crippen LogP contribution in [-0.4, -0.2) is 78.0 Å². The van der Waals surface area contributed by atoms with E-state index in [1.165, 1.54) is 23.6 Å². The number of fused-ring (bicyclic) bond motifs is 2. The number of rotatable bonds is 9. The molecule has 0 saturated carbocycles. The number of hydrogen-bond donors (Lipinski definition) is 2. The molecule has 0 radical (unpaired) electrons. The molecule has 1 aromatic carbocycles. The molecule has 41 heavy (non-hydrogen) atoms. The maximum absolute atomic E-state index is 13.1. The van der Waals surface area contributed by atoms with E-state index >= 15 is 0 Å². The number of hydrogen-bond acceptors (Lipinski definition) is 12. The number of nitrogens with two attached hydrogens (primary N) is 1. The quantitative estimate of drug-likeness (QED) is 0.230. The molecule has 0 aromatic heterocycles. The van der Waals surface area contributed by atoms with Gasteiger partial charge in [-0.2, -0.15) is 0 Å². The van der Waals surface area contributed by atoms with Crippen LogP contribution in [0.5, 0.6) is 11.5 Å². The van der Waals surface area contributed by atoms with E-state index in [1.54, 1.807) is 39.0 Å².